The predicted molar refractivity (Wildman–Crippen MR) is 86.4 cm³/mol. The fourth-order valence-corrected chi connectivity index (χ4v) is 14.7. The molecule has 0 aliphatic heterocycles. The molecule has 7 heteroatoms. The topological polar surface area (TPSA) is 44.8 Å². The Kier molecular flexibility index (Phi) is 6.90. The van der Waals surface area contributed by atoms with Crippen molar-refractivity contribution in [1.29, 1.82) is 0 Å². The van der Waals surface area contributed by atoms with Crippen LogP contribution in [0, 0.1) is 0 Å². The van der Waals surface area contributed by atoms with Crippen molar-refractivity contribution < 1.29 is 17.8 Å². The second-order valence-electron chi connectivity index (χ2n) is 6.60. The highest BCUT2D eigenvalue weighted by atomic mass is 28.5. The van der Waals surface area contributed by atoms with Gasteiger partial charge in [0.25, 0.3) is 0 Å². The lowest BCUT2D eigenvalue weighted by molar-refractivity contribution is -0.137. The number of esters is 1. The lowest BCUT2D eigenvalue weighted by Crippen LogP contribution is -2.51. The van der Waals surface area contributed by atoms with E-state index >= 15 is 0 Å². The first-order chi connectivity index (χ1) is 8.37. The molecule has 0 aromatic rings. The summed E-state index contributed by atoms with van der Waals surface area (Å²) < 4.78 is 17.5. The second-order valence-corrected chi connectivity index (χ2v) is 19.3. The standard InChI is InChI=1S/C12H28O4Si3/c1-9-12(13)14-10-11-18(5,6)16-19(7,8)15-17(2,3)4/h9H,1,10-11H2,2-8H3. The molecule has 19 heavy (non-hydrogen) atoms. The number of hydrogen-bond acceptors (Lipinski definition) is 4. The quantitative estimate of drug-likeness (QED) is 0.390. The Labute approximate surface area is 120 Å². The van der Waals surface area contributed by atoms with E-state index in [1.165, 1.54) is 6.08 Å². The van der Waals surface area contributed by atoms with Crippen molar-refractivity contribution in [3.63, 3.8) is 0 Å². The predicted octanol–water partition coefficient (Wildman–Crippen LogP) is 3.49. The van der Waals surface area contributed by atoms with Gasteiger partial charge in [0.05, 0.1) is 6.61 Å². The van der Waals surface area contributed by atoms with E-state index in [-0.39, 0.29) is 5.97 Å². The van der Waals surface area contributed by atoms with Gasteiger partial charge in [0.1, 0.15) is 0 Å². The van der Waals surface area contributed by atoms with Crippen LogP contribution < -0.4 is 0 Å². The molecule has 0 bridgehead atoms. The van der Waals surface area contributed by atoms with Crippen LogP contribution in [0.15, 0.2) is 12.7 Å². The first-order valence-electron chi connectivity index (χ1n) is 6.56. The van der Waals surface area contributed by atoms with Crippen molar-refractivity contribution in [1.82, 2.24) is 0 Å². The van der Waals surface area contributed by atoms with Gasteiger partial charge in [-0.1, -0.05) is 6.58 Å². The average molecular weight is 321 g/mol. The Morgan fingerprint density at radius 2 is 1.58 bits per heavy atom. The third kappa shape index (κ3) is 10.3. The first kappa shape index (κ1) is 18.8. The van der Waals surface area contributed by atoms with Gasteiger partial charge in [-0.2, -0.15) is 0 Å². The van der Waals surface area contributed by atoms with Crippen LogP contribution in [0.2, 0.25) is 51.9 Å². The molecule has 0 radical (unpaired) electrons. The molecule has 112 valence electrons. The molecular weight excluding hydrogens is 292 g/mol. The number of carbonyl (C=O) groups excluding carboxylic acids is 1. The van der Waals surface area contributed by atoms with E-state index in [2.05, 4.69) is 52.4 Å². The van der Waals surface area contributed by atoms with Crippen molar-refractivity contribution in [2.45, 2.75) is 51.9 Å². The van der Waals surface area contributed by atoms with Crippen LogP contribution >= 0.6 is 0 Å². The van der Waals surface area contributed by atoms with E-state index in [4.69, 9.17) is 13.0 Å². The van der Waals surface area contributed by atoms with Crippen LogP contribution in [-0.4, -0.2) is 37.8 Å². The maximum absolute atomic E-state index is 11.0. The molecule has 0 rings (SSSR count). The van der Waals surface area contributed by atoms with Gasteiger partial charge in [-0.25, -0.2) is 4.79 Å². The van der Waals surface area contributed by atoms with Gasteiger partial charge in [-0.3, -0.25) is 0 Å². The van der Waals surface area contributed by atoms with Crippen molar-refractivity contribution in [2.75, 3.05) is 6.61 Å². The Bertz CT molecular complexity index is 321. The fraction of sp³-hybridized carbons (Fsp3) is 0.750. The summed E-state index contributed by atoms with van der Waals surface area (Å²) in [6, 6.07) is 0.776. The van der Waals surface area contributed by atoms with Gasteiger partial charge in [0.2, 0.25) is 0 Å². The molecule has 0 saturated carbocycles. The van der Waals surface area contributed by atoms with E-state index in [1.807, 2.05) is 0 Å². The third-order valence-electron chi connectivity index (χ3n) is 2.19. The Hall–Kier alpha value is -0.219. The maximum Gasteiger partial charge on any atom is 0.330 e. The minimum Gasteiger partial charge on any atom is -0.463 e. The Balaban J connectivity index is 4.34. The van der Waals surface area contributed by atoms with Crippen LogP contribution in [0.5, 0.6) is 0 Å². The molecule has 0 heterocycles. The zero-order valence-corrected chi connectivity index (χ0v) is 16.3. The van der Waals surface area contributed by atoms with Crippen molar-refractivity contribution in [3.8, 4) is 0 Å². The summed E-state index contributed by atoms with van der Waals surface area (Å²) in [4.78, 5) is 11.0. The molecule has 0 spiro atoms. The lowest BCUT2D eigenvalue weighted by Gasteiger charge is -2.37. The highest BCUT2D eigenvalue weighted by molar-refractivity contribution is 6.87. The van der Waals surface area contributed by atoms with Gasteiger partial charge in [0.15, 0.2) is 16.6 Å². The smallest absolute Gasteiger partial charge is 0.330 e. The molecule has 0 fully saturated rings. The normalized spacial score (nSPS) is 13.2. The van der Waals surface area contributed by atoms with Crippen LogP contribution in [0.4, 0.5) is 0 Å². The summed E-state index contributed by atoms with van der Waals surface area (Å²) in [6.07, 6.45) is 1.18. The van der Waals surface area contributed by atoms with Crippen molar-refractivity contribution in [3.05, 3.63) is 12.7 Å². The van der Waals surface area contributed by atoms with E-state index in [1.54, 1.807) is 0 Å². The molecule has 0 amide bonds. The Morgan fingerprint density at radius 1 is 1.05 bits per heavy atom. The van der Waals surface area contributed by atoms with E-state index in [9.17, 15) is 4.79 Å². The lowest BCUT2D eigenvalue weighted by atomic mass is 10.6. The molecule has 4 nitrogen and oxygen atoms in total. The minimum atomic E-state index is -2.10. The van der Waals surface area contributed by atoms with Gasteiger partial charge in [-0.15, -0.1) is 0 Å². The monoisotopic (exact) mass is 320 g/mol. The maximum atomic E-state index is 11.0. The van der Waals surface area contributed by atoms with Gasteiger partial charge in [-0.05, 0) is 51.9 Å². The van der Waals surface area contributed by atoms with Crippen molar-refractivity contribution >= 4 is 31.2 Å². The van der Waals surface area contributed by atoms with E-state index in [0.29, 0.717) is 6.61 Å². The van der Waals surface area contributed by atoms with Crippen LogP contribution in [0.25, 0.3) is 0 Å². The second kappa shape index (κ2) is 6.98. The molecule has 0 N–H and O–H groups in total. The summed E-state index contributed by atoms with van der Waals surface area (Å²) in [6.45, 7) is 18.7. The van der Waals surface area contributed by atoms with Crippen LogP contribution in [0.1, 0.15) is 0 Å². The van der Waals surface area contributed by atoms with E-state index in [0.717, 1.165) is 6.04 Å². The SMILES string of the molecule is C=CC(=O)OCC[Si](C)(C)O[Si](C)(C)O[Si](C)(C)C. The number of hydrogen-bond donors (Lipinski definition) is 0. The molecule has 0 aromatic carbocycles. The Morgan fingerprint density at radius 3 is 2.00 bits per heavy atom. The molecule has 0 unspecified atom stereocenters. The van der Waals surface area contributed by atoms with Gasteiger partial charge in [0, 0.05) is 6.08 Å². The molecule has 0 saturated heterocycles. The van der Waals surface area contributed by atoms with Gasteiger partial charge < -0.3 is 13.0 Å². The highest BCUT2D eigenvalue weighted by Crippen LogP contribution is 2.22. The zero-order valence-electron chi connectivity index (χ0n) is 13.3. The number of carbonyl (C=O) groups is 1. The minimum absolute atomic E-state index is 0.375. The van der Waals surface area contributed by atoms with E-state index < -0.39 is 25.2 Å². The summed E-state index contributed by atoms with van der Waals surface area (Å²) in [7, 11) is -5.55. The largest absolute Gasteiger partial charge is 0.463 e. The summed E-state index contributed by atoms with van der Waals surface area (Å²) in [5, 5.41) is 0. The fourth-order valence-electron chi connectivity index (χ4n) is 1.93. The molecule has 0 aliphatic carbocycles. The molecule has 0 atom stereocenters. The highest BCUT2D eigenvalue weighted by Gasteiger charge is 2.37. The zero-order chi connectivity index (χ0) is 15.3. The van der Waals surface area contributed by atoms with Crippen molar-refractivity contribution in [2.24, 2.45) is 0 Å². The molecule has 0 aliphatic rings. The third-order valence-corrected chi connectivity index (χ3v) is 12.2. The first-order valence-corrected chi connectivity index (χ1v) is 15.9. The number of rotatable bonds is 8. The van der Waals surface area contributed by atoms with Crippen LogP contribution in [0.3, 0.4) is 0 Å². The summed E-state index contributed by atoms with van der Waals surface area (Å²) in [5.74, 6) is -0.375. The molecular formula is C12H28O4Si3. The van der Waals surface area contributed by atoms with Crippen LogP contribution in [-0.2, 0) is 17.8 Å². The van der Waals surface area contributed by atoms with Gasteiger partial charge >= 0.3 is 14.5 Å². The summed E-state index contributed by atoms with van der Waals surface area (Å²) >= 11 is 0. The number of ether oxygens (including phenoxy) is 1. The summed E-state index contributed by atoms with van der Waals surface area (Å²) in [5.41, 5.74) is 0. The average Bonchev–Trinajstić information content (AvgIpc) is 2.10. The molecule has 0 aromatic heterocycles.